The molecule has 0 aromatic carbocycles. The molecule has 3 amide bonds. The normalized spacial score (nSPS) is 23.0. The summed E-state index contributed by atoms with van der Waals surface area (Å²) in [5.41, 5.74) is 10.4. The quantitative estimate of drug-likeness (QED) is 0.588. The number of amides is 3. The fourth-order valence-corrected chi connectivity index (χ4v) is 2.08. The highest BCUT2D eigenvalue weighted by atomic mass is 16.2. The molecular formula is C10H20N4O2. The van der Waals surface area contributed by atoms with Crippen LogP contribution in [0.3, 0.4) is 0 Å². The first-order valence-corrected chi connectivity index (χ1v) is 5.59. The van der Waals surface area contributed by atoms with Crippen molar-refractivity contribution in [2.75, 3.05) is 19.6 Å². The zero-order chi connectivity index (χ0) is 12.1. The lowest BCUT2D eigenvalue weighted by molar-refractivity contribution is -0.124. The number of nitrogens with one attached hydrogen (secondary N) is 1. The number of hydrogen-bond donors (Lipinski definition) is 3. The van der Waals surface area contributed by atoms with Crippen LogP contribution in [0.25, 0.3) is 0 Å². The van der Waals surface area contributed by atoms with E-state index in [1.54, 1.807) is 6.92 Å². The Morgan fingerprint density at radius 1 is 1.56 bits per heavy atom. The number of nitrogens with zero attached hydrogens (tertiary/aromatic N) is 1. The summed E-state index contributed by atoms with van der Waals surface area (Å²) in [6.45, 7) is 4.20. The Bertz CT molecular complexity index is 270. The number of primary amides is 1. The number of rotatable bonds is 4. The third-order valence-corrected chi connectivity index (χ3v) is 3.07. The first-order valence-electron chi connectivity index (χ1n) is 5.59. The van der Waals surface area contributed by atoms with Crippen molar-refractivity contribution in [2.24, 2.45) is 17.4 Å². The maximum absolute atomic E-state index is 11.5. The fraction of sp³-hybridized carbons (Fsp3) is 0.800. The van der Waals surface area contributed by atoms with Gasteiger partial charge in [0.1, 0.15) is 0 Å². The van der Waals surface area contributed by atoms with Crippen molar-refractivity contribution in [1.82, 2.24) is 10.2 Å². The van der Waals surface area contributed by atoms with E-state index >= 15 is 0 Å². The van der Waals surface area contributed by atoms with Gasteiger partial charge in [-0.3, -0.25) is 15.0 Å². The molecular weight excluding hydrogens is 208 g/mol. The molecule has 0 spiro atoms. The number of nitrogens with two attached hydrogens (primary N) is 2. The van der Waals surface area contributed by atoms with Crippen LogP contribution in [0, 0.1) is 5.92 Å². The van der Waals surface area contributed by atoms with Gasteiger partial charge in [0, 0.05) is 6.54 Å². The van der Waals surface area contributed by atoms with Gasteiger partial charge in [0.05, 0.1) is 6.04 Å². The predicted octanol–water partition coefficient (Wildman–Crippen LogP) is -0.759. The summed E-state index contributed by atoms with van der Waals surface area (Å²) >= 11 is 0. The van der Waals surface area contributed by atoms with Gasteiger partial charge in [0.25, 0.3) is 0 Å². The van der Waals surface area contributed by atoms with Crippen LogP contribution in [0.2, 0.25) is 0 Å². The number of carbonyl (C=O) groups excluding carboxylic acids is 2. The molecule has 1 aliphatic heterocycles. The number of hydrogen-bond acceptors (Lipinski definition) is 4. The van der Waals surface area contributed by atoms with Gasteiger partial charge in [-0.15, -0.1) is 0 Å². The molecule has 1 heterocycles. The molecule has 1 fully saturated rings. The van der Waals surface area contributed by atoms with Gasteiger partial charge in [-0.25, -0.2) is 4.79 Å². The van der Waals surface area contributed by atoms with Crippen LogP contribution in [0.1, 0.15) is 19.8 Å². The van der Waals surface area contributed by atoms with Crippen molar-refractivity contribution in [2.45, 2.75) is 25.8 Å². The highest BCUT2D eigenvalue weighted by molar-refractivity contribution is 5.96. The molecule has 92 valence electrons. The highest BCUT2D eigenvalue weighted by Gasteiger charge is 2.29. The van der Waals surface area contributed by atoms with Gasteiger partial charge in [-0.2, -0.15) is 0 Å². The Morgan fingerprint density at radius 3 is 2.81 bits per heavy atom. The van der Waals surface area contributed by atoms with Crippen molar-refractivity contribution in [3.05, 3.63) is 0 Å². The van der Waals surface area contributed by atoms with Gasteiger partial charge in [0.15, 0.2) is 0 Å². The summed E-state index contributed by atoms with van der Waals surface area (Å²) in [6.07, 6.45) is 2.05. The minimum atomic E-state index is -0.797. The Kier molecular flexibility index (Phi) is 4.70. The Balaban J connectivity index is 2.40. The SMILES string of the molecule is CC(C(=O)NC(N)=O)N1CCC(CCN)C1. The van der Waals surface area contributed by atoms with E-state index in [9.17, 15) is 9.59 Å². The van der Waals surface area contributed by atoms with E-state index in [0.29, 0.717) is 12.5 Å². The maximum Gasteiger partial charge on any atom is 0.318 e. The van der Waals surface area contributed by atoms with Crippen molar-refractivity contribution in [1.29, 1.82) is 0 Å². The summed E-state index contributed by atoms with van der Waals surface area (Å²) < 4.78 is 0. The summed E-state index contributed by atoms with van der Waals surface area (Å²) in [5.74, 6) is 0.231. The molecule has 6 heteroatoms. The van der Waals surface area contributed by atoms with Crippen LogP contribution >= 0.6 is 0 Å². The van der Waals surface area contributed by atoms with Crippen LogP contribution in [0.4, 0.5) is 4.79 Å². The summed E-state index contributed by atoms with van der Waals surface area (Å²) in [6, 6.07) is -1.11. The second kappa shape index (κ2) is 5.81. The number of urea groups is 1. The van der Waals surface area contributed by atoms with Crippen molar-refractivity contribution in [3.63, 3.8) is 0 Å². The van der Waals surface area contributed by atoms with Crippen LogP contribution < -0.4 is 16.8 Å². The van der Waals surface area contributed by atoms with Crippen molar-refractivity contribution < 1.29 is 9.59 Å². The zero-order valence-corrected chi connectivity index (χ0v) is 9.61. The fourth-order valence-electron chi connectivity index (χ4n) is 2.08. The number of likely N-dealkylation sites (tertiary alicyclic amines) is 1. The second-order valence-electron chi connectivity index (χ2n) is 4.26. The van der Waals surface area contributed by atoms with E-state index in [2.05, 4.69) is 10.2 Å². The molecule has 0 aromatic heterocycles. The van der Waals surface area contributed by atoms with E-state index in [0.717, 1.165) is 25.9 Å². The summed E-state index contributed by atoms with van der Waals surface area (Å²) in [4.78, 5) is 24.1. The Labute approximate surface area is 95.3 Å². The average molecular weight is 228 g/mol. The molecule has 6 nitrogen and oxygen atoms in total. The largest absolute Gasteiger partial charge is 0.351 e. The molecule has 0 aliphatic carbocycles. The topological polar surface area (TPSA) is 101 Å². The average Bonchev–Trinajstić information content (AvgIpc) is 2.64. The molecule has 1 aliphatic rings. The van der Waals surface area contributed by atoms with E-state index in [1.807, 2.05) is 0 Å². The van der Waals surface area contributed by atoms with E-state index in [4.69, 9.17) is 11.5 Å². The number of carbonyl (C=O) groups is 2. The molecule has 0 radical (unpaired) electrons. The molecule has 2 atom stereocenters. The lowest BCUT2D eigenvalue weighted by Crippen LogP contribution is -2.47. The molecule has 1 rings (SSSR count). The minimum Gasteiger partial charge on any atom is -0.351 e. The Hall–Kier alpha value is -1.14. The Morgan fingerprint density at radius 2 is 2.25 bits per heavy atom. The molecule has 16 heavy (non-hydrogen) atoms. The molecule has 0 saturated carbocycles. The summed E-state index contributed by atoms with van der Waals surface area (Å²) in [5, 5.41) is 2.10. The second-order valence-corrected chi connectivity index (χ2v) is 4.26. The van der Waals surface area contributed by atoms with Gasteiger partial charge in [-0.05, 0) is 38.8 Å². The van der Waals surface area contributed by atoms with E-state index < -0.39 is 6.03 Å². The van der Waals surface area contributed by atoms with Crippen molar-refractivity contribution in [3.8, 4) is 0 Å². The first kappa shape index (κ1) is 12.9. The van der Waals surface area contributed by atoms with Crippen molar-refractivity contribution >= 4 is 11.9 Å². The molecule has 0 bridgehead atoms. The lowest BCUT2D eigenvalue weighted by Gasteiger charge is -2.22. The highest BCUT2D eigenvalue weighted by Crippen LogP contribution is 2.20. The van der Waals surface area contributed by atoms with Gasteiger partial charge >= 0.3 is 6.03 Å². The van der Waals surface area contributed by atoms with Crippen LogP contribution in [-0.4, -0.2) is 42.5 Å². The van der Waals surface area contributed by atoms with E-state index in [-0.39, 0.29) is 11.9 Å². The molecule has 2 unspecified atom stereocenters. The summed E-state index contributed by atoms with van der Waals surface area (Å²) in [7, 11) is 0. The standard InChI is InChI=1S/C10H20N4O2/c1-7(9(15)13-10(12)16)14-5-3-8(6-14)2-4-11/h7-8H,2-6,11H2,1H3,(H3,12,13,15,16). The molecule has 5 N–H and O–H groups in total. The van der Waals surface area contributed by atoms with Gasteiger partial charge < -0.3 is 11.5 Å². The van der Waals surface area contributed by atoms with Crippen LogP contribution in [0.15, 0.2) is 0 Å². The third kappa shape index (κ3) is 3.46. The third-order valence-electron chi connectivity index (χ3n) is 3.07. The monoisotopic (exact) mass is 228 g/mol. The van der Waals surface area contributed by atoms with Gasteiger partial charge in [-0.1, -0.05) is 0 Å². The van der Waals surface area contributed by atoms with E-state index in [1.165, 1.54) is 0 Å². The molecule has 0 aromatic rings. The predicted molar refractivity (Wildman–Crippen MR) is 60.5 cm³/mol. The first-order chi connectivity index (χ1) is 7.54. The van der Waals surface area contributed by atoms with Crippen LogP contribution in [-0.2, 0) is 4.79 Å². The minimum absolute atomic E-state index is 0.310. The molecule has 1 saturated heterocycles. The zero-order valence-electron chi connectivity index (χ0n) is 9.61. The maximum atomic E-state index is 11.5. The van der Waals surface area contributed by atoms with Crippen LogP contribution in [0.5, 0.6) is 0 Å². The number of imide groups is 1. The lowest BCUT2D eigenvalue weighted by atomic mass is 10.1. The van der Waals surface area contributed by atoms with Gasteiger partial charge in [0.2, 0.25) is 5.91 Å². The smallest absolute Gasteiger partial charge is 0.318 e.